The standard InChI is InChI=1S/C26H42O2/c1-3-5-7-9-21-11-13-23(14-12-21)24-15-17-25(18-16-24)26-27-19-22(20-28-26)10-8-6-4-2/h11-14,22,24-26H,3-10,15-20H2,1-2H3. The van der Waals surface area contributed by atoms with Gasteiger partial charge in [0.1, 0.15) is 0 Å². The first-order valence-corrected chi connectivity index (χ1v) is 12.1. The maximum atomic E-state index is 6.14. The molecular weight excluding hydrogens is 344 g/mol. The molecule has 0 bridgehead atoms. The van der Waals surface area contributed by atoms with E-state index in [9.17, 15) is 0 Å². The molecule has 28 heavy (non-hydrogen) atoms. The molecule has 1 aliphatic heterocycles. The van der Waals surface area contributed by atoms with Crippen molar-refractivity contribution >= 4 is 0 Å². The van der Waals surface area contributed by atoms with Crippen LogP contribution >= 0.6 is 0 Å². The summed E-state index contributed by atoms with van der Waals surface area (Å²) in [5.41, 5.74) is 3.04. The predicted molar refractivity (Wildman–Crippen MR) is 118 cm³/mol. The van der Waals surface area contributed by atoms with E-state index in [1.54, 1.807) is 5.56 Å². The molecule has 1 aromatic carbocycles. The average Bonchev–Trinajstić information content (AvgIpc) is 2.75. The molecule has 1 saturated carbocycles. The van der Waals surface area contributed by atoms with Crippen molar-refractivity contribution in [1.29, 1.82) is 0 Å². The van der Waals surface area contributed by atoms with Gasteiger partial charge in [-0.3, -0.25) is 0 Å². The van der Waals surface area contributed by atoms with Gasteiger partial charge in [-0.25, -0.2) is 0 Å². The molecule has 1 heterocycles. The minimum absolute atomic E-state index is 0.0596. The fourth-order valence-electron chi connectivity index (χ4n) is 4.94. The molecular formula is C26H42O2. The number of ether oxygens (including phenoxy) is 2. The maximum absolute atomic E-state index is 6.14. The number of rotatable bonds is 10. The molecule has 1 aromatic rings. The lowest BCUT2D eigenvalue weighted by molar-refractivity contribution is -0.229. The van der Waals surface area contributed by atoms with Crippen molar-refractivity contribution in [2.24, 2.45) is 11.8 Å². The van der Waals surface area contributed by atoms with Crippen LogP contribution in [0.1, 0.15) is 102 Å². The average molecular weight is 387 g/mol. The first-order chi connectivity index (χ1) is 13.8. The Hall–Kier alpha value is -0.860. The normalized spacial score (nSPS) is 28.4. The van der Waals surface area contributed by atoms with Gasteiger partial charge in [-0.2, -0.15) is 0 Å². The summed E-state index contributed by atoms with van der Waals surface area (Å²) >= 11 is 0. The van der Waals surface area contributed by atoms with Crippen molar-refractivity contribution in [3.63, 3.8) is 0 Å². The summed E-state index contributed by atoms with van der Waals surface area (Å²) in [4.78, 5) is 0. The molecule has 158 valence electrons. The summed E-state index contributed by atoms with van der Waals surface area (Å²) in [5.74, 6) is 1.95. The predicted octanol–water partition coefficient (Wildman–Crippen LogP) is 7.26. The molecule has 0 spiro atoms. The van der Waals surface area contributed by atoms with Crippen molar-refractivity contribution in [2.45, 2.75) is 103 Å². The third-order valence-electron chi connectivity index (χ3n) is 6.89. The Morgan fingerprint density at radius 3 is 2.07 bits per heavy atom. The number of hydrogen-bond acceptors (Lipinski definition) is 2. The summed E-state index contributed by atoms with van der Waals surface area (Å²) in [6.07, 6.45) is 15.5. The molecule has 2 aliphatic rings. The van der Waals surface area contributed by atoms with Gasteiger partial charge in [-0.15, -0.1) is 0 Å². The van der Waals surface area contributed by atoms with E-state index in [4.69, 9.17) is 9.47 Å². The van der Waals surface area contributed by atoms with Crippen LogP contribution in [0, 0.1) is 11.8 Å². The van der Waals surface area contributed by atoms with Gasteiger partial charge in [-0.1, -0.05) is 70.2 Å². The van der Waals surface area contributed by atoms with Crippen LogP contribution in [0.25, 0.3) is 0 Å². The summed E-state index contributed by atoms with van der Waals surface area (Å²) in [7, 11) is 0. The molecule has 0 aromatic heterocycles. The van der Waals surface area contributed by atoms with Gasteiger partial charge >= 0.3 is 0 Å². The van der Waals surface area contributed by atoms with Gasteiger partial charge in [0.15, 0.2) is 6.29 Å². The van der Waals surface area contributed by atoms with Gasteiger partial charge in [0.05, 0.1) is 13.2 Å². The third kappa shape index (κ3) is 6.59. The molecule has 3 rings (SSSR count). The number of benzene rings is 1. The van der Waals surface area contributed by atoms with Crippen molar-refractivity contribution in [2.75, 3.05) is 13.2 Å². The second kappa shape index (κ2) is 12.0. The Kier molecular flexibility index (Phi) is 9.34. The molecule has 1 aliphatic carbocycles. The van der Waals surface area contributed by atoms with Crippen LogP contribution in [-0.4, -0.2) is 19.5 Å². The molecule has 1 saturated heterocycles. The smallest absolute Gasteiger partial charge is 0.160 e. The molecule has 0 unspecified atom stereocenters. The largest absolute Gasteiger partial charge is 0.352 e. The van der Waals surface area contributed by atoms with Gasteiger partial charge in [0.2, 0.25) is 0 Å². The van der Waals surface area contributed by atoms with E-state index in [-0.39, 0.29) is 6.29 Å². The quantitative estimate of drug-likeness (QED) is 0.394. The van der Waals surface area contributed by atoms with E-state index in [0.717, 1.165) is 19.1 Å². The van der Waals surface area contributed by atoms with Crippen molar-refractivity contribution in [3.8, 4) is 0 Å². The Labute approximate surface area is 173 Å². The van der Waals surface area contributed by atoms with Crippen molar-refractivity contribution in [1.82, 2.24) is 0 Å². The maximum Gasteiger partial charge on any atom is 0.160 e. The Bertz CT molecular complexity index is 522. The summed E-state index contributed by atoms with van der Waals surface area (Å²) in [6, 6.07) is 9.51. The summed E-state index contributed by atoms with van der Waals surface area (Å²) < 4.78 is 12.3. The monoisotopic (exact) mass is 386 g/mol. The highest BCUT2D eigenvalue weighted by Gasteiger charge is 2.32. The minimum atomic E-state index is 0.0596. The van der Waals surface area contributed by atoms with Crippen LogP contribution in [0.2, 0.25) is 0 Å². The Morgan fingerprint density at radius 2 is 1.43 bits per heavy atom. The van der Waals surface area contributed by atoms with Gasteiger partial charge < -0.3 is 9.47 Å². The van der Waals surface area contributed by atoms with E-state index in [1.165, 1.54) is 82.6 Å². The van der Waals surface area contributed by atoms with E-state index < -0.39 is 0 Å². The number of unbranched alkanes of at least 4 members (excludes halogenated alkanes) is 4. The van der Waals surface area contributed by atoms with Gasteiger partial charge in [0, 0.05) is 11.8 Å². The number of aryl methyl sites for hydroxylation is 1. The lowest BCUT2D eigenvalue weighted by atomic mass is 9.78. The van der Waals surface area contributed by atoms with Crippen molar-refractivity contribution < 1.29 is 9.47 Å². The molecule has 0 amide bonds. The van der Waals surface area contributed by atoms with Crippen LogP contribution in [0.3, 0.4) is 0 Å². The highest BCUT2D eigenvalue weighted by Crippen LogP contribution is 2.39. The molecule has 0 N–H and O–H groups in total. The van der Waals surface area contributed by atoms with Crippen LogP contribution in [0.5, 0.6) is 0 Å². The molecule has 2 nitrogen and oxygen atoms in total. The molecule has 0 radical (unpaired) electrons. The van der Waals surface area contributed by atoms with Gasteiger partial charge in [-0.05, 0) is 62.0 Å². The van der Waals surface area contributed by atoms with Crippen LogP contribution < -0.4 is 0 Å². The Balaban J connectivity index is 1.38. The van der Waals surface area contributed by atoms with E-state index in [2.05, 4.69) is 38.1 Å². The highest BCUT2D eigenvalue weighted by molar-refractivity contribution is 5.26. The van der Waals surface area contributed by atoms with E-state index in [0.29, 0.717) is 11.8 Å². The van der Waals surface area contributed by atoms with Crippen LogP contribution in [-0.2, 0) is 15.9 Å². The van der Waals surface area contributed by atoms with Crippen molar-refractivity contribution in [3.05, 3.63) is 35.4 Å². The zero-order chi connectivity index (χ0) is 19.6. The van der Waals surface area contributed by atoms with Crippen LogP contribution in [0.15, 0.2) is 24.3 Å². The van der Waals surface area contributed by atoms with Gasteiger partial charge in [0.25, 0.3) is 0 Å². The fraction of sp³-hybridized carbons (Fsp3) is 0.769. The molecule has 2 fully saturated rings. The first kappa shape index (κ1) is 21.8. The molecule has 0 atom stereocenters. The van der Waals surface area contributed by atoms with E-state index >= 15 is 0 Å². The third-order valence-corrected chi connectivity index (χ3v) is 6.89. The fourth-order valence-corrected chi connectivity index (χ4v) is 4.94. The van der Waals surface area contributed by atoms with E-state index in [1.807, 2.05) is 0 Å². The lowest BCUT2D eigenvalue weighted by Crippen LogP contribution is -2.38. The molecule has 2 heteroatoms. The SMILES string of the molecule is CCCCCc1ccc(C2CCC(C3OCC(CCCCC)CO3)CC2)cc1. The number of hydrogen-bond donors (Lipinski definition) is 0. The summed E-state index contributed by atoms with van der Waals surface area (Å²) in [5, 5.41) is 0. The minimum Gasteiger partial charge on any atom is -0.352 e. The Morgan fingerprint density at radius 1 is 0.786 bits per heavy atom. The zero-order valence-corrected chi connectivity index (χ0v) is 18.3. The first-order valence-electron chi connectivity index (χ1n) is 12.1. The zero-order valence-electron chi connectivity index (χ0n) is 18.3. The second-order valence-electron chi connectivity index (χ2n) is 9.21. The second-order valence-corrected chi connectivity index (χ2v) is 9.21. The highest BCUT2D eigenvalue weighted by atomic mass is 16.7. The summed E-state index contributed by atoms with van der Waals surface area (Å²) in [6.45, 7) is 6.36. The van der Waals surface area contributed by atoms with Crippen LogP contribution in [0.4, 0.5) is 0 Å². The topological polar surface area (TPSA) is 18.5 Å². The lowest BCUT2D eigenvalue weighted by Gasteiger charge is -2.37.